The third-order valence-electron chi connectivity index (χ3n) is 3.57. The maximum absolute atomic E-state index is 4.07. The van der Waals surface area contributed by atoms with Gasteiger partial charge in [0.25, 0.3) is 0 Å². The van der Waals surface area contributed by atoms with E-state index in [1.54, 1.807) is 0 Å². The van der Waals surface area contributed by atoms with Gasteiger partial charge in [-0.1, -0.05) is 0 Å². The Morgan fingerprint density at radius 3 is 2.11 bits per heavy atom. The van der Waals surface area contributed by atoms with Crippen LogP contribution in [0.2, 0.25) is 0 Å². The van der Waals surface area contributed by atoms with Gasteiger partial charge in [-0.15, -0.1) is 0 Å². The van der Waals surface area contributed by atoms with E-state index in [1.807, 2.05) is 36.9 Å². The highest BCUT2D eigenvalue weighted by molar-refractivity contribution is 5.46. The van der Waals surface area contributed by atoms with E-state index >= 15 is 0 Å². The van der Waals surface area contributed by atoms with Gasteiger partial charge in [0.1, 0.15) is 0 Å². The van der Waals surface area contributed by atoms with Crippen molar-refractivity contribution >= 4 is 11.4 Å². The number of aromatic nitrogens is 2. The summed E-state index contributed by atoms with van der Waals surface area (Å²) in [4.78, 5) is 10.5. The molecule has 0 spiro atoms. The molecular formula is C15H18N4. The zero-order valence-electron chi connectivity index (χ0n) is 10.9. The van der Waals surface area contributed by atoms with Crippen molar-refractivity contribution in [3.63, 3.8) is 0 Å². The number of hydrogen-bond donors (Lipinski definition) is 1. The van der Waals surface area contributed by atoms with Crippen LogP contribution in [0, 0.1) is 0 Å². The molecule has 1 aliphatic heterocycles. The molecule has 2 aromatic rings. The third-order valence-corrected chi connectivity index (χ3v) is 3.57. The molecule has 0 aromatic carbocycles. The lowest BCUT2D eigenvalue weighted by molar-refractivity contribution is 0.526. The van der Waals surface area contributed by atoms with Gasteiger partial charge in [0.15, 0.2) is 0 Å². The molecule has 0 saturated carbocycles. The van der Waals surface area contributed by atoms with Crippen LogP contribution in [0.3, 0.4) is 0 Å². The van der Waals surface area contributed by atoms with Crippen molar-refractivity contribution in [2.45, 2.75) is 18.9 Å². The normalized spacial score (nSPS) is 16.3. The molecule has 4 nitrogen and oxygen atoms in total. The largest absolute Gasteiger partial charge is 0.382 e. The average Bonchev–Trinajstić information content (AvgIpc) is 2.50. The molecule has 3 rings (SSSR count). The molecule has 0 unspecified atom stereocenters. The SMILES string of the molecule is c1cc(NC2CCN(c3ccncc3)CC2)ccn1. The molecule has 2 aromatic heterocycles. The lowest BCUT2D eigenvalue weighted by atomic mass is 10.0. The van der Waals surface area contributed by atoms with E-state index in [-0.39, 0.29) is 0 Å². The fourth-order valence-electron chi connectivity index (χ4n) is 2.52. The van der Waals surface area contributed by atoms with Crippen molar-refractivity contribution < 1.29 is 0 Å². The molecule has 1 N–H and O–H groups in total. The molecule has 1 fully saturated rings. The van der Waals surface area contributed by atoms with E-state index in [4.69, 9.17) is 0 Å². The summed E-state index contributed by atoms with van der Waals surface area (Å²) >= 11 is 0. The highest BCUT2D eigenvalue weighted by atomic mass is 15.1. The Labute approximate surface area is 113 Å². The second-order valence-corrected chi connectivity index (χ2v) is 4.85. The molecule has 0 amide bonds. The average molecular weight is 254 g/mol. The zero-order valence-corrected chi connectivity index (χ0v) is 10.9. The smallest absolute Gasteiger partial charge is 0.0397 e. The first-order chi connectivity index (χ1) is 9.42. The number of anilines is 2. The van der Waals surface area contributed by atoms with Gasteiger partial charge in [-0.3, -0.25) is 9.97 Å². The Kier molecular flexibility index (Phi) is 3.58. The minimum Gasteiger partial charge on any atom is -0.382 e. The van der Waals surface area contributed by atoms with Crippen LogP contribution in [0.15, 0.2) is 49.1 Å². The van der Waals surface area contributed by atoms with Gasteiger partial charge >= 0.3 is 0 Å². The molecule has 98 valence electrons. The quantitative estimate of drug-likeness (QED) is 0.914. The van der Waals surface area contributed by atoms with Crippen LogP contribution in [0.4, 0.5) is 11.4 Å². The molecule has 4 heteroatoms. The Bertz CT molecular complexity index is 492. The molecule has 19 heavy (non-hydrogen) atoms. The first-order valence-corrected chi connectivity index (χ1v) is 6.73. The summed E-state index contributed by atoms with van der Waals surface area (Å²) in [6.07, 6.45) is 9.69. The molecule has 3 heterocycles. The molecule has 0 aliphatic carbocycles. The number of nitrogens with one attached hydrogen (secondary N) is 1. The Balaban J connectivity index is 1.55. The Morgan fingerprint density at radius 1 is 0.895 bits per heavy atom. The molecule has 0 radical (unpaired) electrons. The predicted molar refractivity (Wildman–Crippen MR) is 77.3 cm³/mol. The van der Waals surface area contributed by atoms with E-state index in [9.17, 15) is 0 Å². The minimum absolute atomic E-state index is 0.556. The van der Waals surface area contributed by atoms with Crippen molar-refractivity contribution in [3.05, 3.63) is 49.1 Å². The Morgan fingerprint density at radius 2 is 1.47 bits per heavy atom. The van der Waals surface area contributed by atoms with E-state index < -0.39 is 0 Å². The topological polar surface area (TPSA) is 41.0 Å². The van der Waals surface area contributed by atoms with Crippen LogP contribution in [0.5, 0.6) is 0 Å². The fourth-order valence-corrected chi connectivity index (χ4v) is 2.52. The number of hydrogen-bond acceptors (Lipinski definition) is 4. The molecule has 1 aliphatic rings. The standard InChI is InChI=1S/C15H18N4/c1-7-16-8-2-13(1)18-14-5-11-19(12-6-14)15-3-9-17-10-4-15/h1-4,7-10,14H,5-6,11-12H2,(H,16,18). The lowest BCUT2D eigenvalue weighted by Gasteiger charge is -2.34. The van der Waals surface area contributed by atoms with Crippen LogP contribution in [-0.4, -0.2) is 29.1 Å². The summed E-state index contributed by atoms with van der Waals surface area (Å²) in [5, 5.41) is 3.57. The maximum atomic E-state index is 4.07. The zero-order chi connectivity index (χ0) is 12.9. The van der Waals surface area contributed by atoms with Gasteiger partial charge < -0.3 is 10.2 Å². The second-order valence-electron chi connectivity index (χ2n) is 4.85. The van der Waals surface area contributed by atoms with Crippen molar-refractivity contribution in [1.82, 2.24) is 9.97 Å². The van der Waals surface area contributed by atoms with Crippen molar-refractivity contribution in [1.29, 1.82) is 0 Å². The van der Waals surface area contributed by atoms with Crippen LogP contribution in [-0.2, 0) is 0 Å². The van der Waals surface area contributed by atoms with Crippen molar-refractivity contribution in [3.8, 4) is 0 Å². The number of nitrogens with zero attached hydrogens (tertiary/aromatic N) is 3. The summed E-state index contributed by atoms with van der Waals surface area (Å²) in [5.74, 6) is 0. The van der Waals surface area contributed by atoms with Crippen molar-refractivity contribution in [2.24, 2.45) is 0 Å². The van der Waals surface area contributed by atoms with E-state index in [2.05, 4.69) is 32.3 Å². The summed E-state index contributed by atoms with van der Waals surface area (Å²) < 4.78 is 0. The van der Waals surface area contributed by atoms with Crippen LogP contribution in [0.1, 0.15) is 12.8 Å². The van der Waals surface area contributed by atoms with Gasteiger partial charge in [0.05, 0.1) is 0 Å². The van der Waals surface area contributed by atoms with Crippen LogP contribution < -0.4 is 10.2 Å². The molecule has 0 bridgehead atoms. The first-order valence-electron chi connectivity index (χ1n) is 6.73. The summed E-state index contributed by atoms with van der Waals surface area (Å²) in [7, 11) is 0. The third kappa shape index (κ3) is 3.02. The fraction of sp³-hybridized carbons (Fsp3) is 0.333. The molecule has 0 atom stereocenters. The monoisotopic (exact) mass is 254 g/mol. The van der Waals surface area contributed by atoms with Crippen LogP contribution >= 0.6 is 0 Å². The predicted octanol–water partition coefficient (Wildman–Crippen LogP) is 2.56. The van der Waals surface area contributed by atoms with Gasteiger partial charge in [0, 0.05) is 55.3 Å². The summed E-state index contributed by atoms with van der Waals surface area (Å²) in [6, 6.07) is 8.76. The second kappa shape index (κ2) is 5.69. The van der Waals surface area contributed by atoms with Gasteiger partial charge in [-0.25, -0.2) is 0 Å². The first kappa shape index (κ1) is 12.0. The van der Waals surface area contributed by atoms with E-state index in [0.29, 0.717) is 6.04 Å². The maximum Gasteiger partial charge on any atom is 0.0397 e. The number of rotatable bonds is 3. The Hall–Kier alpha value is -2.10. The number of piperidine rings is 1. The highest BCUT2D eigenvalue weighted by Crippen LogP contribution is 2.21. The van der Waals surface area contributed by atoms with Gasteiger partial charge in [0.2, 0.25) is 0 Å². The summed E-state index contributed by atoms with van der Waals surface area (Å²) in [5.41, 5.74) is 2.44. The number of pyridine rings is 2. The van der Waals surface area contributed by atoms with Gasteiger partial charge in [-0.2, -0.15) is 0 Å². The van der Waals surface area contributed by atoms with E-state index in [0.717, 1.165) is 31.6 Å². The van der Waals surface area contributed by atoms with Gasteiger partial charge in [-0.05, 0) is 37.1 Å². The molecule has 1 saturated heterocycles. The van der Waals surface area contributed by atoms with Crippen LogP contribution in [0.25, 0.3) is 0 Å². The molecular weight excluding hydrogens is 236 g/mol. The highest BCUT2D eigenvalue weighted by Gasteiger charge is 2.18. The minimum atomic E-state index is 0.556. The van der Waals surface area contributed by atoms with Crippen molar-refractivity contribution in [2.75, 3.05) is 23.3 Å². The van der Waals surface area contributed by atoms with E-state index in [1.165, 1.54) is 5.69 Å². The summed E-state index contributed by atoms with van der Waals surface area (Å²) in [6.45, 7) is 2.18. The lowest BCUT2D eigenvalue weighted by Crippen LogP contribution is -2.39.